The topological polar surface area (TPSA) is 43.2 Å². The summed E-state index contributed by atoms with van der Waals surface area (Å²) in [6.45, 7) is 9.92. The van der Waals surface area contributed by atoms with Gasteiger partial charge in [-0.25, -0.2) is 0 Å². The molecule has 0 saturated carbocycles. The van der Waals surface area contributed by atoms with Crippen LogP contribution in [0.4, 0.5) is 5.69 Å². The number of ether oxygens (including phenoxy) is 1. The van der Waals surface area contributed by atoms with Gasteiger partial charge in [0.15, 0.2) is 5.82 Å². The summed E-state index contributed by atoms with van der Waals surface area (Å²) in [4.78, 5) is 2.44. The third kappa shape index (κ3) is 3.49. The maximum Gasteiger partial charge on any atom is 0.171 e. The van der Waals surface area contributed by atoms with Crippen molar-refractivity contribution in [3.8, 4) is 5.75 Å². The van der Waals surface area contributed by atoms with Gasteiger partial charge in [-0.05, 0) is 44.7 Å². The highest BCUT2D eigenvalue weighted by atomic mass is 16.5. The van der Waals surface area contributed by atoms with E-state index in [1.165, 1.54) is 18.5 Å². The van der Waals surface area contributed by atoms with Gasteiger partial charge in [0.1, 0.15) is 18.2 Å². The molecular formula is C18H26N4O. The van der Waals surface area contributed by atoms with E-state index >= 15 is 0 Å². The fourth-order valence-corrected chi connectivity index (χ4v) is 3.33. The Bertz CT molecular complexity index is 652. The molecule has 0 bridgehead atoms. The largest absolute Gasteiger partial charge is 0.483 e. The number of benzene rings is 1. The first-order valence-electron chi connectivity index (χ1n) is 8.54. The second kappa shape index (κ2) is 7.02. The van der Waals surface area contributed by atoms with E-state index < -0.39 is 0 Å². The molecule has 0 N–H and O–H groups in total. The molecule has 23 heavy (non-hydrogen) atoms. The van der Waals surface area contributed by atoms with E-state index in [0.29, 0.717) is 6.61 Å². The number of para-hydroxylation sites is 2. The maximum absolute atomic E-state index is 6.10. The van der Waals surface area contributed by atoms with Crippen molar-refractivity contribution in [2.24, 2.45) is 5.92 Å². The van der Waals surface area contributed by atoms with Crippen LogP contribution < -0.4 is 9.64 Å². The summed E-state index contributed by atoms with van der Waals surface area (Å²) in [5.41, 5.74) is 1.19. The van der Waals surface area contributed by atoms with Crippen LogP contribution in [0, 0.1) is 12.8 Å². The number of hydrogen-bond donors (Lipinski definition) is 0. The minimum Gasteiger partial charge on any atom is -0.483 e. The summed E-state index contributed by atoms with van der Waals surface area (Å²) in [5, 5.41) is 8.37. The van der Waals surface area contributed by atoms with Crippen molar-refractivity contribution >= 4 is 5.69 Å². The van der Waals surface area contributed by atoms with E-state index in [1.807, 2.05) is 19.1 Å². The Balaban J connectivity index is 1.75. The quantitative estimate of drug-likeness (QED) is 0.848. The summed E-state index contributed by atoms with van der Waals surface area (Å²) in [5.74, 6) is 3.49. The van der Waals surface area contributed by atoms with Gasteiger partial charge in [0.05, 0.1) is 5.69 Å². The Kier molecular flexibility index (Phi) is 4.84. The number of aryl methyl sites for hydroxylation is 1. The monoisotopic (exact) mass is 314 g/mol. The molecule has 5 heteroatoms. The lowest BCUT2D eigenvalue weighted by Gasteiger charge is -2.33. The molecule has 2 aromatic rings. The number of piperidine rings is 1. The molecule has 3 rings (SSSR count). The predicted molar refractivity (Wildman–Crippen MR) is 91.8 cm³/mol. The van der Waals surface area contributed by atoms with E-state index in [2.05, 4.69) is 45.6 Å². The Morgan fingerprint density at radius 2 is 2.09 bits per heavy atom. The van der Waals surface area contributed by atoms with Gasteiger partial charge in [0.2, 0.25) is 0 Å². The molecule has 1 aromatic carbocycles. The molecule has 1 aromatic heterocycles. The van der Waals surface area contributed by atoms with Crippen LogP contribution in [0.25, 0.3) is 0 Å². The molecule has 0 spiro atoms. The van der Waals surface area contributed by atoms with Crippen LogP contribution in [0.15, 0.2) is 24.3 Å². The highest BCUT2D eigenvalue weighted by Crippen LogP contribution is 2.31. The van der Waals surface area contributed by atoms with Gasteiger partial charge >= 0.3 is 0 Å². The van der Waals surface area contributed by atoms with Gasteiger partial charge in [-0.1, -0.05) is 19.1 Å². The SMILES string of the molecule is CCn1c(C)nnc1COc1ccccc1N1CCCC(C)C1. The van der Waals surface area contributed by atoms with E-state index in [9.17, 15) is 0 Å². The average molecular weight is 314 g/mol. The Labute approximate surface area is 138 Å². The zero-order valence-electron chi connectivity index (χ0n) is 14.3. The number of rotatable bonds is 5. The lowest BCUT2D eigenvalue weighted by Crippen LogP contribution is -2.34. The minimum atomic E-state index is 0.453. The first kappa shape index (κ1) is 15.8. The third-order valence-electron chi connectivity index (χ3n) is 4.55. The van der Waals surface area contributed by atoms with Crippen molar-refractivity contribution in [3.63, 3.8) is 0 Å². The molecule has 0 aliphatic carbocycles. The van der Waals surface area contributed by atoms with E-state index in [4.69, 9.17) is 4.74 Å². The summed E-state index contributed by atoms with van der Waals surface area (Å²) in [6, 6.07) is 8.32. The molecule has 0 amide bonds. The van der Waals surface area contributed by atoms with Gasteiger partial charge in [-0.15, -0.1) is 10.2 Å². The van der Waals surface area contributed by atoms with Crippen LogP contribution in [-0.2, 0) is 13.2 Å². The molecule has 1 fully saturated rings. The maximum atomic E-state index is 6.10. The summed E-state index contributed by atoms with van der Waals surface area (Å²) in [7, 11) is 0. The predicted octanol–water partition coefficient (Wildman–Crippen LogP) is 3.42. The average Bonchev–Trinajstić information content (AvgIpc) is 2.93. The zero-order chi connectivity index (χ0) is 16.2. The molecule has 1 aliphatic heterocycles. The highest BCUT2D eigenvalue weighted by molar-refractivity contribution is 5.58. The Morgan fingerprint density at radius 1 is 1.26 bits per heavy atom. The van der Waals surface area contributed by atoms with E-state index in [0.717, 1.165) is 43.0 Å². The second-order valence-corrected chi connectivity index (χ2v) is 6.36. The summed E-state index contributed by atoms with van der Waals surface area (Å²) < 4.78 is 8.19. The van der Waals surface area contributed by atoms with Gasteiger partial charge < -0.3 is 14.2 Å². The van der Waals surface area contributed by atoms with Gasteiger partial charge in [0.25, 0.3) is 0 Å². The Hall–Kier alpha value is -2.04. The van der Waals surface area contributed by atoms with Crippen molar-refractivity contribution in [2.75, 3.05) is 18.0 Å². The van der Waals surface area contributed by atoms with Crippen molar-refractivity contribution in [3.05, 3.63) is 35.9 Å². The molecule has 1 aliphatic rings. The molecule has 1 atom stereocenters. The lowest BCUT2D eigenvalue weighted by molar-refractivity contribution is 0.288. The van der Waals surface area contributed by atoms with Crippen LogP contribution in [0.3, 0.4) is 0 Å². The minimum absolute atomic E-state index is 0.453. The molecule has 124 valence electrons. The molecule has 1 unspecified atom stereocenters. The number of hydrogen-bond acceptors (Lipinski definition) is 4. The van der Waals surface area contributed by atoms with Gasteiger partial charge in [-0.2, -0.15) is 0 Å². The lowest BCUT2D eigenvalue weighted by atomic mass is 9.99. The highest BCUT2D eigenvalue weighted by Gasteiger charge is 2.19. The van der Waals surface area contributed by atoms with E-state index in [-0.39, 0.29) is 0 Å². The molecule has 5 nitrogen and oxygen atoms in total. The molecular weight excluding hydrogens is 288 g/mol. The van der Waals surface area contributed by atoms with Crippen molar-refractivity contribution in [2.45, 2.75) is 46.8 Å². The fourth-order valence-electron chi connectivity index (χ4n) is 3.33. The van der Waals surface area contributed by atoms with Crippen LogP contribution >= 0.6 is 0 Å². The molecule has 2 heterocycles. The normalized spacial score (nSPS) is 18.2. The number of nitrogens with zero attached hydrogens (tertiary/aromatic N) is 4. The fraction of sp³-hybridized carbons (Fsp3) is 0.556. The van der Waals surface area contributed by atoms with Crippen molar-refractivity contribution in [1.29, 1.82) is 0 Å². The van der Waals surface area contributed by atoms with Crippen LogP contribution in [-0.4, -0.2) is 27.9 Å². The smallest absolute Gasteiger partial charge is 0.171 e. The zero-order valence-corrected chi connectivity index (χ0v) is 14.3. The Morgan fingerprint density at radius 3 is 2.87 bits per heavy atom. The molecule has 0 radical (unpaired) electrons. The van der Waals surface area contributed by atoms with Crippen LogP contribution in [0.2, 0.25) is 0 Å². The number of anilines is 1. The van der Waals surface area contributed by atoms with Crippen LogP contribution in [0.1, 0.15) is 38.3 Å². The third-order valence-corrected chi connectivity index (χ3v) is 4.55. The van der Waals surface area contributed by atoms with E-state index in [1.54, 1.807) is 0 Å². The standard InChI is InChI=1S/C18H26N4O/c1-4-22-15(3)19-20-18(22)13-23-17-10-6-5-9-16(17)21-11-7-8-14(2)12-21/h5-6,9-10,14H,4,7-8,11-13H2,1-3H3. The van der Waals surface area contributed by atoms with Crippen molar-refractivity contribution < 1.29 is 4.74 Å². The van der Waals surface area contributed by atoms with Crippen LogP contribution in [0.5, 0.6) is 5.75 Å². The second-order valence-electron chi connectivity index (χ2n) is 6.36. The molecule has 1 saturated heterocycles. The van der Waals surface area contributed by atoms with Gasteiger partial charge in [-0.3, -0.25) is 0 Å². The summed E-state index contributed by atoms with van der Waals surface area (Å²) in [6.07, 6.45) is 2.57. The van der Waals surface area contributed by atoms with Crippen molar-refractivity contribution in [1.82, 2.24) is 14.8 Å². The first-order valence-corrected chi connectivity index (χ1v) is 8.54. The first-order chi connectivity index (χ1) is 11.2. The van der Waals surface area contributed by atoms with Gasteiger partial charge in [0, 0.05) is 19.6 Å². The summed E-state index contributed by atoms with van der Waals surface area (Å²) >= 11 is 0. The number of aromatic nitrogens is 3.